The van der Waals surface area contributed by atoms with Gasteiger partial charge < -0.3 is 4.90 Å². The fourth-order valence-electron chi connectivity index (χ4n) is 1.69. The topological polar surface area (TPSA) is 60.9 Å². The van der Waals surface area contributed by atoms with Crippen LogP contribution < -0.4 is 0 Å². The number of imide groups is 2. The molecular weight excluding hydrogens is 246 g/mol. The quantitative estimate of drug-likeness (QED) is 0.557. The Balaban J connectivity index is 2.95. The molecule has 104 valence electrons. The van der Waals surface area contributed by atoms with Crippen molar-refractivity contribution >= 4 is 17.8 Å². The van der Waals surface area contributed by atoms with Crippen LogP contribution in [0.3, 0.4) is 0 Å². The van der Waals surface area contributed by atoms with Crippen molar-refractivity contribution in [3.63, 3.8) is 0 Å². The molecule has 0 bridgehead atoms. The summed E-state index contributed by atoms with van der Waals surface area (Å²) in [7, 11) is 2.71. The van der Waals surface area contributed by atoms with Crippen LogP contribution >= 0.6 is 0 Å². The first-order chi connectivity index (χ1) is 8.93. The molecule has 1 saturated heterocycles. The van der Waals surface area contributed by atoms with Gasteiger partial charge in [-0.2, -0.15) is 0 Å². The zero-order valence-corrected chi connectivity index (χ0v) is 11.7. The van der Waals surface area contributed by atoms with Gasteiger partial charge in [0.25, 0.3) is 11.8 Å². The fraction of sp³-hybridized carbons (Fsp3) is 0.462. The van der Waals surface area contributed by atoms with Crippen molar-refractivity contribution in [3.05, 3.63) is 23.9 Å². The first-order valence-corrected chi connectivity index (χ1v) is 6.16. The Bertz CT molecular complexity index is 424. The average molecular weight is 265 g/mol. The normalized spacial score (nSPS) is 16.6. The number of carbonyl (C=O) groups is 3. The van der Waals surface area contributed by atoms with E-state index in [-0.39, 0.29) is 5.57 Å². The molecule has 1 heterocycles. The SMILES string of the molecule is CCN(C=CC=C1C(=O)N(C)C(=O)N(C)C1=O)CC. The molecule has 0 N–H and O–H groups in total. The summed E-state index contributed by atoms with van der Waals surface area (Å²) in [5.74, 6) is -1.14. The van der Waals surface area contributed by atoms with Gasteiger partial charge in [0.2, 0.25) is 0 Å². The van der Waals surface area contributed by atoms with Crippen LogP contribution in [0.2, 0.25) is 0 Å². The lowest BCUT2D eigenvalue weighted by Crippen LogP contribution is -2.52. The Labute approximate surface area is 112 Å². The average Bonchev–Trinajstić information content (AvgIpc) is 2.42. The smallest absolute Gasteiger partial charge is 0.333 e. The second-order valence-corrected chi connectivity index (χ2v) is 4.15. The van der Waals surface area contributed by atoms with Crippen LogP contribution in [0.25, 0.3) is 0 Å². The van der Waals surface area contributed by atoms with Crippen LogP contribution in [0.4, 0.5) is 4.79 Å². The highest BCUT2D eigenvalue weighted by atomic mass is 16.2. The van der Waals surface area contributed by atoms with Gasteiger partial charge in [0, 0.05) is 27.2 Å². The lowest BCUT2D eigenvalue weighted by Gasteiger charge is -2.28. The molecule has 0 aromatic heterocycles. The number of likely N-dealkylation sites (N-methyl/N-ethyl adjacent to an activating group) is 2. The number of rotatable bonds is 4. The van der Waals surface area contributed by atoms with Crippen LogP contribution in [0.5, 0.6) is 0 Å². The van der Waals surface area contributed by atoms with Crippen molar-refractivity contribution in [1.29, 1.82) is 0 Å². The third-order valence-electron chi connectivity index (χ3n) is 3.02. The largest absolute Gasteiger partial charge is 0.378 e. The van der Waals surface area contributed by atoms with Crippen molar-refractivity contribution in [3.8, 4) is 0 Å². The van der Waals surface area contributed by atoms with E-state index in [0.717, 1.165) is 22.9 Å². The van der Waals surface area contributed by atoms with Gasteiger partial charge >= 0.3 is 6.03 Å². The van der Waals surface area contributed by atoms with Crippen molar-refractivity contribution in [2.24, 2.45) is 0 Å². The van der Waals surface area contributed by atoms with Gasteiger partial charge in [-0.15, -0.1) is 0 Å². The summed E-state index contributed by atoms with van der Waals surface area (Å²) in [6.07, 6.45) is 4.90. The van der Waals surface area contributed by atoms with E-state index >= 15 is 0 Å². The van der Waals surface area contributed by atoms with Crippen LogP contribution in [0.1, 0.15) is 13.8 Å². The van der Waals surface area contributed by atoms with Gasteiger partial charge in [-0.3, -0.25) is 19.4 Å². The van der Waals surface area contributed by atoms with Crippen LogP contribution in [0.15, 0.2) is 23.9 Å². The molecule has 1 aliphatic rings. The van der Waals surface area contributed by atoms with E-state index in [4.69, 9.17) is 0 Å². The summed E-state index contributed by atoms with van der Waals surface area (Å²) in [4.78, 5) is 39.1. The number of amides is 4. The van der Waals surface area contributed by atoms with E-state index in [2.05, 4.69) is 0 Å². The molecule has 0 aromatic carbocycles. The highest BCUT2D eigenvalue weighted by molar-refractivity contribution is 6.28. The maximum absolute atomic E-state index is 11.8. The van der Waals surface area contributed by atoms with Crippen molar-refractivity contribution < 1.29 is 14.4 Å². The molecule has 1 fully saturated rings. The summed E-state index contributed by atoms with van der Waals surface area (Å²) in [6.45, 7) is 5.71. The highest BCUT2D eigenvalue weighted by Crippen LogP contribution is 2.14. The van der Waals surface area contributed by atoms with Crippen molar-refractivity contribution in [1.82, 2.24) is 14.7 Å². The molecule has 1 aliphatic heterocycles. The van der Waals surface area contributed by atoms with E-state index in [9.17, 15) is 14.4 Å². The van der Waals surface area contributed by atoms with Crippen molar-refractivity contribution in [2.75, 3.05) is 27.2 Å². The molecule has 0 aromatic rings. The van der Waals surface area contributed by atoms with Gasteiger partial charge in [0.15, 0.2) is 0 Å². The molecule has 4 amide bonds. The minimum absolute atomic E-state index is 0.00648. The molecule has 0 spiro atoms. The Hall–Kier alpha value is -2.11. The number of hydrogen-bond donors (Lipinski definition) is 0. The Kier molecular flexibility index (Phi) is 4.86. The van der Waals surface area contributed by atoms with Gasteiger partial charge in [-0.05, 0) is 32.2 Å². The highest BCUT2D eigenvalue weighted by Gasteiger charge is 2.37. The molecule has 0 atom stereocenters. The van der Waals surface area contributed by atoms with Gasteiger partial charge in [-0.1, -0.05) is 0 Å². The van der Waals surface area contributed by atoms with Gasteiger partial charge in [-0.25, -0.2) is 4.79 Å². The predicted octanol–water partition coefficient (Wildman–Crippen LogP) is 0.819. The summed E-state index contributed by atoms with van der Waals surface area (Å²) < 4.78 is 0. The van der Waals surface area contributed by atoms with E-state index in [0.29, 0.717) is 0 Å². The first-order valence-electron chi connectivity index (χ1n) is 6.16. The maximum Gasteiger partial charge on any atom is 0.333 e. The minimum atomic E-state index is -0.611. The van der Waals surface area contributed by atoms with Gasteiger partial charge in [0.05, 0.1) is 0 Å². The Morgan fingerprint density at radius 2 is 1.47 bits per heavy atom. The number of hydrogen-bond acceptors (Lipinski definition) is 4. The molecular formula is C13H19N3O3. The summed E-state index contributed by atoms with van der Waals surface area (Å²) >= 11 is 0. The molecule has 0 aliphatic carbocycles. The second-order valence-electron chi connectivity index (χ2n) is 4.15. The monoisotopic (exact) mass is 265 g/mol. The zero-order valence-electron chi connectivity index (χ0n) is 11.7. The summed E-state index contributed by atoms with van der Waals surface area (Å²) in [5.41, 5.74) is -0.00648. The summed E-state index contributed by atoms with van der Waals surface area (Å²) in [6, 6.07) is -0.611. The van der Waals surface area contributed by atoms with Crippen molar-refractivity contribution in [2.45, 2.75) is 13.8 Å². The van der Waals surface area contributed by atoms with Crippen LogP contribution in [-0.2, 0) is 9.59 Å². The minimum Gasteiger partial charge on any atom is -0.378 e. The standard InChI is InChI=1S/C13H19N3O3/c1-5-16(6-2)9-7-8-10-11(17)14(3)13(19)15(4)12(10)18/h7-9H,5-6H2,1-4H3. The Morgan fingerprint density at radius 1 is 1.00 bits per heavy atom. The van der Waals surface area contributed by atoms with E-state index in [1.165, 1.54) is 20.2 Å². The summed E-state index contributed by atoms with van der Waals surface area (Å²) in [5, 5.41) is 0. The van der Waals surface area contributed by atoms with E-state index in [1.807, 2.05) is 24.9 Å². The second kappa shape index (κ2) is 6.17. The predicted molar refractivity (Wildman–Crippen MR) is 71.1 cm³/mol. The zero-order chi connectivity index (χ0) is 14.6. The number of carbonyl (C=O) groups excluding carboxylic acids is 3. The Morgan fingerprint density at radius 3 is 1.89 bits per heavy atom. The first kappa shape index (κ1) is 14.9. The molecule has 1 rings (SSSR count). The number of urea groups is 1. The molecule has 0 saturated carbocycles. The number of nitrogens with zero attached hydrogens (tertiary/aromatic N) is 3. The van der Waals surface area contributed by atoms with Gasteiger partial charge in [0.1, 0.15) is 5.57 Å². The number of barbiturate groups is 1. The van der Waals surface area contributed by atoms with Crippen LogP contribution in [-0.4, -0.2) is 59.7 Å². The fourth-order valence-corrected chi connectivity index (χ4v) is 1.69. The maximum atomic E-state index is 11.8. The molecule has 6 nitrogen and oxygen atoms in total. The van der Waals surface area contributed by atoms with Crippen LogP contribution in [0, 0.1) is 0 Å². The lowest BCUT2D eigenvalue weighted by atomic mass is 10.1. The molecule has 0 unspecified atom stereocenters. The van der Waals surface area contributed by atoms with E-state index in [1.54, 1.807) is 6.08 Å². The van der Waals surface area contributed by atoms with E-state index < -0.39 is 17.8 Å². The third-order valence-corrected chi connectivity index (χ3v) is 3.02. The number of allylic oxidation sites excluding steroid dienone is 2. The molecule has 6 heteroatoms. The molecule has 19 heavy (non-hydrogen) atoms. The lowest BCUT2D eigenvalue weighted by molar-refractivity contribution is -0.134. The third kappa shape index (κ3) is 3.01. The molecule has 0 radical (unpaired) electrons.